The second kappa shape index (κ2) is 6.55. The number of nitrogens with zero attached hydrogens (tertiary/aromatic N) is 2. The van der Waals surface area contributed by atoms with Crippen molar-refractivity contribution in [2.45, 2.75) is 38.4 Å². The van der Waals surface area contributed by atoms with Gasteiger partial charge in [-0.05, 0) is 34.0 Å². The van der Waals surface area contributed by atoms with Gasteiger partial charge in [0.25, 0.3) is 0 Å². The molecule has 0 aromatic carbocycles. The number of hydrogen-bond acceptors (Lipinski definition) is 4. The van der Waals surface area contributed by atoms with Crippen LogP contribution in [0.4, 0.5) is 0 Å². The van der Waals surface area contributed by atoms with Gasteiger partial charge >= 0.3 is 0 Å². The number of hydrogen-bond donors (Lipinski definition) is 1. The maximum Gasteiger partial charge on any atom is 0.0637 e. The Morgan fingerprint density at radius 3 is 2.62 bits per heavy atom. The van der Waals surface area contributed by atoms with Crippen molar-refractivity contribution in [2.75, 3.05) is 40.4 Å². The number of rotatable bonds is 5. The molecule has 16 heavy (non-hydrogen) atoms. The van der Waals surface area contributed by atoms with Crippen LogP contribution < -0.4 is 5.73 Å². The third-order valence-corrected chi connectivity index (χ3v) is 3.37. The molecule has 0 spiro atoms. The lowest BCUT2D eigenvalue weighted by atomic mass is 10.0. The van der Waals surface area contributed by atoms with E-state index in [-0.39, 0.29) is 6.04 Å². The summed E-state index contributed by atoms with van der Waals surface area (Å²) in [5, 5.41) is 0. The number of ether oxygens (including phenoxy) is 1. The van der Waals surface area contributed by atoms with E-state index in [0.29, 0.717) is 12.1 Å². The largest absolute Gasteiger partial charge is 0.380 e. The molecule has 0 aromatic rings. The van der Waals surface area contributed by atoms with Crippen LogP contribution in [-0.4, -0.2) is 68.3 Å². The standard InChI is InChI=1S/C12H27N3O/c1-5-15(10(2)8-14(3)4)12-9-16-7-6-11(12)13/h10-12H,5-9,13H2,1-4H3. The second-order valence-corrected chi connectivity index (χ2v) is 5.04. The first kappa shape index (κ1) is 13.9. The van der Waals surface area contributed by atoms with Crippen LogP contribution >= 0.6 is 0 Å². The van der Waals surface area contributed by atoms with Crippen molar-refractivity contribution < 1.29 is 4.74 Å². The van der Waals surface area contributed by atoms with E-state index < -0.39 is 0 Å². The molecule has 96 valence electrons. The molecule has 1 heterocycles. The fourth-order valence-corrected chi connectivity index (χ4v) is 2.59. The van der Waals surface area contributed by atoms with Gasteiger partial charge in [-0.15, -0.1) is 0 Å². The Morgan fingerprint density at radius 1 is 1.44 bits per heavy atom. The van der Waals surface area contributed by atoms with E-state index in [1.807, 2.05) is 0 Å². The summed E-state index contributed by atoms with van der Waals surface area (Å²) in [5.41, 5.74) is 6.19. The quantitative estimate of drug-likeness (QED) is 0.740. The third kappa shape index (κ3) is 3.70. The van der Waals surface area contributed by atoms with Gasteiger partial charge in [0.2, 0.25) is 0 Å². The van der Waals surface area contributed by atoms with Gasteiger partial charge in [0, 0.05) is 31.3 Å². The van der Waals surface area contributed by atoms with E-state index in [1.165, 1.54) is 0 Å². The summed E-state index contributed by atoms with van der Waals surface area (Å²) >= 11 is 0. The summed E-state index contributed by atoms with van der Waals surface area (Å²) in [5.74, 6) is 0. The highest BCUT2D eigenvalue weighted by Gasteiger charge is 2.30. The molecule has 1 aliphatic rings. The highest BCUT2D eigenvalue weighted by molar-refractivity contribution is 4.87. The van der Waals surface area contributed by atoms with E-state index in [4.69, 9.17) is 10.5 Å². The molecule has 3 unspecified atom stereocenters. The molecule has 1 fully saturated rings. The average Bonchev–Trinajstić information content (AvgIpc) is 2.20. The average molecular weight is 229 g/mol. The zero-order valence-corrected chi connectivity index (χ0v) is 11.1. The molecule has 0 aliphatic carbocycles. The maximum absolute atomic E-state index is 6.19. The minimum Gasteiger partial charge on any atom is -0.380 e. The van der Waals surface area contributed by atoms with Crippen LogP contribution in [0.1, 0.15) is 20.3 Å². The van der Waals surface area contributed by atoms with E-state index in [2.05, 4.69) is 37.7 Å². The lowest BCUT2D eigenvalue weighted by Crippen LogP contribution is -2.57. The van der Waals surface area contributed by atoms with E-state index in [1.54, 1.807) is 0 Å². The predicted octanol–water partition coefficient (Wildman–Crippen LogP) is 0.375. The minimum atomic E-state index is 0.262. The van der Waals surface area contributed by atoms with Crippen molar-refractivity contribution in [3.8, 4) is 0 Å². The molecule has 0 amide bonds. The Kier molecular flexibility index (Phi) is 5.69. The predicted molar refractivity (Wildman–Crippen MR) is 67.6 cm³/mol. The molecule has 0 saturated carbocycles. The van der Waals surface area contributed by atoms with Gasteiger partial charge in [0.1, 0.15) is 0 Å². The first-order chi connectivity index (χ1) is 7.56. The normalized spacial score (nSPS) is 28.7. The van der Waals surface area contributed by atoms with E-state index >= 15 is 0 Å². The highest BCUT2D eigenvalue weighted by Crippen LogP contribution is 2.15. The minimum absolute atomic E-state index is 0.262. The fourth-order valence-electron chi connectivity index (χ4n) is 2.59. The van der Waals surface area contributed by atoms with Crippen molar-refractivity contribution in [3.63, 3.8) is 0 Å². The Hall–Kier alpha value is -0.160. The van der Waals surface area contributed by atoms with Crippen LogP contribution in [0, 0.1) is 0 Å². The zero-order valence-electron chi connectivity index (χ0n) is 11.1. The summed E-state index contributed by atoms with van der Waals surface area (Å²) in [4.78, 5) is 4.70. The molecule has 4 nitrogen and oxygen atoms in total. The Morgan fingerprint density at radius 2 is 2.12 bits per heavy atom. The van der Waals surface area contributed by atoms with Crippen LogP contribution in [0.15, 0.2) is 0 Å². The van der Waals surface area contributed by atoms with Gasteiger partial charge in [-0.25, -0.2) is 0 Å². The van der Waals surface area contributed by atoms with Crippen LogP contribution in [0.2, 0.25) is 0 Å². The SMILES string of the molecule is CCN(C(C)CN(C)C)C1COCCC1N. The van der Waals surface area contributed by atoms with Crippen LogP contribution in [0.5, 0.6) is 0 Å². The van der Waals surface area contributed by atoms with Crippen molar-refractivity contribution in [2.24, 2.45) is 5.73 Å². The molecule has 2 N–H and O–H groups in total. The smallest absolute Gasteiger partial charge is 0.0637 e. The molecular weight excluding hydrogens is 202 g/mol. The molecule has 3 atom stereocenters. The summed E-state index contributed by atoms with van der Waals surface area (Å²) < 4.78 is 5.56. The highest BCUT2D eigenvalue weighted by atomic mass is 16.5. The molecule has 0 aromatic heterocycles. The van der Waals surface area contributed by atoms with Gasteiger partial charge in [0.15, 0.2) is 0 Å². The molecule has 1 saturated heterocycles. The number of nitrogens with two attached hydrogens (primary N) is 1. The molecule has 1 rings (SSSR count). The lowest BCUT2D eigenvalue weighted by molar-refractivity contribution is -0.00993. The zero-order chi connectivity index (χ0) is 12.1. The molecule has 4 heteroatoms. The van der Waals surface area contributed by atoms with E-state index in [9.17, 15) is 0 Å². The molecule has 1 aliphatic heterocycles. The second-order valence-electron chi connectivity index (χ2n) is 5.04. The van der Waals surface area contributed by atoms with Crippen LogP contribution in [0.25, 0.3) is 0 Å². The van der Waals surface area contributed by atoms with Crippen molar-refractivity contribution in [1.82, 2.24) is 9.80 Å². The monoisotopic (exact) mass is 229 g/mol. The molecule has 0 radical (unpaired) electrons. The van der Waals surface area contributed by atoms with Crippen molar-refractivity contribution in [3.05, 3.63) is 0 Å². The first-order valence-corrected chi connectivity index (χ1v) is 6.30. The topological polar surface area (TPSA) is 41.7 Å². The summed E-state index contributed by atoms with van der Waals surface area (Å²) in [6, 6.07) is 1.17. The number of likely N-dealkylation sites (N-methyl/N-ethyl adjacent to an activating group) is 2. The van der Waals surface area contributed by atoms with Gasteiger partial charge in [-0.1, -0.05) is 6.92 Å². The Balaban J connectivity index is 2.57. The van der Waals surface area contributed by atoms with E-state index in [0.717, 1.165) is 32.7 Å². The molecular formula is C12H27N3O. The Bertz CT molecular complexity index is 199. The maximum atomic E-state index is 6.19. The molecule has 0 bridgehead atoms. The van der Waals surface area contributed by atoms with Gasteiger partial charge in [-0.3, -0.25) is 4.90 Å². The fraction of sp³-hybridized carbons (Fsp3) is 1.00. The van der Waals surface area contributed by atoms with Crippen LogP contribution in [-0.2, 0) is 4.74 Å². The van der Waals surface area contributed by atoms with Crippen molar-refractivity contribution in [1.29, 1.82) is 0 Å². The van der Waals surface area contributed by atoms with Crippen molar-refractivity contribution >= 4 is 0 Å². The van der Waals surface area contributed by atoms with Gasteiger partial charge in [-0.2, -0.15) is 0 Å². The van der Waals surface area contributed by atoms with Gasteiger partial charge in [0.05, 0.1) is 6.61 Å². The first-order valence-electron chi connectivity index (χ1n) is 6.30. The lowest BCUT2D eigenvalue weighted by Gasteiger charge is -2.41. The Labute approximate surface area is 99.7 Å². The summed E-state index contributed by atoms with van der Waals surface area (Å²) in [6.45, 7) is 8.18. The van der Waals surface area contributed by atoms with Gasteiger partial charge < -0.3 is 15.4 Å². The van der Waals surface area contributed by atoms with Crippen LogP contribution in [0.3, 0.4) is 0 Å². The summed E-state index contributed by atoms with van der Waals surface area (Å²) in [6.07, 6.45) is 0.982. The summed E-state index contributed by atoms with van der Waals surface area (Å²) in [7, 11) is 4.23. The third-order valence-electron chi connectivity index (χ3n) is 3.37.